The Morgan fingerprint density at radius 2 is 2.00 bits per heavy atom. The summed E-state index contributed by atoms with van der Waals surface area (Å²) in [5.74, 6) is 1.36. The number of nitrogens with zero attached hydrogens (tertiary/aromatic N) is 3. The minimum Gasteiger partial charge on any atom is -0.310 e. The van der Waals surface area contributed by atoms with E-state index in [-0.39, 0.29) is 5.56 Å². The van der Waals surface area contributed by atoms with E-state index >= 15 is 0 Å². The highest BCUT2D eigenvalue weighted by molar-refractivity contribution is 7.11. The maximum atomic E-state index is 12.5. The topological polar surface area (TPSA) is 61.9 Å². The molecule has 0 unspecified atom stereocenters. The number of aromatic nitrogens is 3. The van der Waals surface area contributed by atoms with Crippen molar-refractivity contribution in [2.75, 3.05) is 6.54 Å². The molecular weight excluding hydrogens is 332 g/mol. The lowest BCUT2D eigenvalue weighted by molar-refractivity contribution is 0.241. The Bertz CT molecular complexity index is 819. The highest BCUT2D eigenvalue weighted by Crippen LogP contribution is 2.31. The van der Waals surface area contributed by atoms with Crippen molar-refractivity contribution in [1.29, 1.82) is 0 Å². The monoisotopic (exact) mass is 358 g/mol. The molecule has 4 rings (SSSR count). The number of hydrogen-bond acceptors (Lipinski definition) is 5. The van der Waals surface area contributed by atoms with Crippen LogP contribution in [0.15, 0.2) is 4.79 Å². The van der Waals surface area contributed by atoms with Crippen LogP contribution in [0.2, 0.25) is 0 Å². The van der Waals surface area contributed by atoms with Gasteiger partial charge >= 0.3 is 0 Å². The zero-order valence-electron chi connectivity index (χ0n) is 15.1. The van der Waals surface area contributed by atoms with E-state index in [1.807, 2.05) is 0 Å². The van der Waals surface area contributed by atoms with Crippen LogP contribution in [0.5, 0.6) is 0 Å². The fraction of sp³-hybridized carbons (Fsp3) is 0.632. The van der Waals surface area contributed by atoms with Gasteiger partial charge in [0.05, 0.1) is 16.4 Å². The van der Waals surface area contributed by atoms with E-state index in [1.54, 1.807) is 11.3 Å². The Kier molecular flexibility index (Phi) is 4.73. The highest BCUT2D eigenvalue weighted by atomic mass is 32.1. The summed E-state index contributed by atoms with van der Waals surface area (Å²) in [6, 6.07) is 0. The van der Waals surface area contributed by atoms with E-state index in [4.69, 9.17) is 4.98 Å². The van der Waals surface area contributed by atoms with E-state index in [0.717, 1.165) is 66.7 Å². The molecule has 0 spiro atoms. The fourth-order valence-electron chi connectivity index (χ4n) is 4.14. The van der Waals surface area contributed by atoms with Crippen molar-refractivity contribution in [3.63, 3.8) is 0 Å². The number of nitrogens with one attached hydrogen (secondary N) is 1. The second-order valence-electron chi connectivity index (χ2n) is 7.41. The Hall–Kier alpha value is -1.53. The van der Waals surface area contributed by atoms with Crippen LogP contribution in [-0.4, -0.2) is 26.4 Å². The van der Waals surface area contributed by atoms with E-state index in [0.29, 0.717) is 5.92 Å². The normalized spacial score (nSPS) is 19.1. The third-order valence-electron chi connectivity index (χ3n) is 5.53. The maximum Gasteiger partial charge on any atom is 0.254 e. The van der Waals surface area contributed by atoms with E-state index < -0.39 is 0 Å². The number of rotatable bonds is 3. The van der Waals surface area contributed by atoms with Gasteiger partial charge in [0.25, 0.3) is 5.56 Å². The first-order chi connectivity index (χ1) is 12.1. The molecule has 2 aliphatic rings. The number of aromatic amines is 1. The number of thiazole rings is 1. The van der Waals surface area contributed by atoms with Gasteiger partial charge in [-0.2, -0.15) is 0 Å². The smallest absolute Gasteiger partial charge is 0.254 e. The van der Waals surface area contributed by atoms with Gasteiger partial charge in [0.1, 0.15) is 5.82 Å². The molecule has 1 aliphatic heterocycles. The van der Waals surface area contributed by atoms with Gasteiger partial charge in [0.2, 0.25) is 0 Å². The minimum absolute atomic E-state index is 0.0926. The summed E-state index contributed by atoms with van der Waals surface area (Å²) in [5, 5.41) is 1.12. The van der Waals surface area contributed by atoms with Crippen LogP contribution in [0.4, 0.5) is 0 Å². The average molecular weight is 359 g/mol. The average Bonchev–Trinajstić information content (AvgIpc) is 2.92. The molecule has 6 heteroatoms. The van der Waals surface area contributed by atoms with Gasteiger partial charge in [-0.15, -0.1) is 11.3 Å². The summed E-state index contributed by atoms with van der Waals surface area (Å²) in [4.78, 5) is 28.8. The van der Waals surface area contributed by atoms with Gasteiger partial charge in [-0.25, -0.2) is 9.97 Å². The first-order valence-corrected chi connectivity index (χ1v) is 10.2. The molecule has 0 amide bonds. The molecule has 1 fully saturated rings. The number of H-pyrrole nitrogens is 1. The first kappa shape index (κ1) is 16.9. The zero-order chi connectivity index (χ0) is 17.4. The molecule has 5 nitrogen and oxygen atoms in total. The summed E-state index contributed by atoms with van der Waals surface area (Å²) in [6.07, 6.45) is 6.92. The molecular formula is C19H26N4OS. The molecule has 0 radical (unpaired) electrons. The summed E-state index contributed by atoms with van der Waals surface area (Å²) in [5.41, 5.74) is 3.12. The van der Waals surface area contributed by atoms with Crippen LogP contribution < -0.4 is 5.56 Å². The summed E-state index contributed by atoms with van der Waals surface area (Å²) >= 11 is 1.78. The van der Waals surface area contributed by atoms with Gasteiger partial charge in [-0.3, -0.25) is 9.69 Å². The maximum absolute atomic E-state index is 12.5. The molecule has 0 saturated heterocycles. The van der Waals surface area contributed by atoms with Crippen molar-refractivity contribution in [3.05, 3.63) is 43.0 Å². The minimum atomic E-state index is 0.0926. The second-order valence-corrected chi connectivity index (χ2v) is 8.70. The second kappa shape index (κ2) is 7.00. The summed E-state index contributed by atoms with van der Waals surface area (Å²) < 4.78 is 0. The van der Waals surface area contributed by atoms with Gasteiger partial charge < -0.3 is 4.98 Å². The van der Waals surface area contributed by atoms with E-state index in [9.17, 15) is 4.79 Å². The van der Waals surface area contributed by atoms with Crippen molar-refractivity contribution in [2.45, 2.75) is 71.4 Å². The Morgan fingerprint density at radius 3 is 2.72 bits per heavy atom. The molecule has 134 valence electrons. The largest absolute Gasteiger partial charge is 0.310 e. The molecule has 0 bridgehead atoms. The van der Waals surface area contributed by atoms with Gasteiger partial charge in [-0.1, -0.05) is 19.3 Å². The van der Waals surface area contributed by atoms with Crippen molar-refractivity contribution >= 4 is 11.3 Å². The predicted octanol–water partition coefficient (Wildman–Crippen LogP) is 3.45. The van der Waals surface area contributed by atoms with Crippen molar-refractivity contribution < 1.29 is 0 Å². The molecule has 25 heavy (non-hydrogen) atoms. The lowest BCUT2D eigenvalue weighted by Crippen LogP contribution is -2.35. The van der Waals surface area contributed by atoms with Crippen LogP contribution >= 0.6 is 11.3 Å². The first-order valence-electron chi connectivity index (χ1n) is 9.37. The van der Waals surface area contributed by atoms with Crippen molar-refractivity contribution in [2.24, 2.45) is 0 Å². The number of aryl methyl sites for hydroxylation is 2. The van der Waals surface area contributed by atoms with Crippen LogP contribution in [0.3, 0.4) is 0 Å². The van der Waals surface area contributed by atoms with Crippen molar-refractivity contribution in [1.82, 2.24) is 19.9 Å². The molecule has 3 heterocycles. The fourth-order valence-corrected chi connectivity index (χ4v) is 5.12. The lowest BCUT2D eigenvalue weighted by Gasteiger charge is -2.28. The van der Waals surface area contributed by atoms with Crippen LogP contribution in [0, 0.1) is 13.8 Å². The molecule has 1 aliphatic carbocycles. The molecule has 2 aromatic rings. The summed E-state index contributed by atoms with van der Waals surface area (Å²) in [7, 11) is 0. The highest BCUT2D eigenvalue weighted by Gasteiger charge is 2.25. The number of fused-ring (bicyclic) bond motifs is 1. The Labute approximate surface area is 152 Å². The molecule has 2 aromatic heterocycles. The van der Waals surface area contributed by atoms with Crippen LogP contribution in [-0.2, 0) is 19.5 Å². The standard InChI is InChI=1S/C19H26N4OS/c1-12-17(25-13(2)20-12)11-23-9-8-15-16(10-23)21-18(22-19(15)24)14-6-4-3-5-7-14/h14H,3-11H2,1-2H3,(H,21,22,24). The van der Waals surface area contributed by atoms with Gasteiger partial charge in [0, 0.05) is 36.0 Å². The Balaban J connectivity index is 1.55. The van der Waals surface area contributed by atoms with E-state index in [2.05, 4.69) is 28.7 Å². The van der Waals surface area contributed by atoms with Crippen molar-refractivity contribution in [3.8, 4) is 0 Å². The predicted molar refractivity (Wildman–Crippen MR) is 100 cm³/mol. The van der Waals surface area contributed by atoms with E-state index in [1.165, 1.54) is 24.1 Å². The van der Waals surface area contributed by atoms with Crippen LogP contribution in [0.1, 0.15) is 70.7 Å². The lowest BCUT2D eigenvalue weighted by atomic mass is 9.88. The summed E-state index contributed by atoms with van der Waals surface area (Å²) in [6.45, 7) is 6.74. The molecule has 1 saturated carbocycles. The third-order valence-corrected chi connectivity index (χ3v) is 6.59. The van der Waals surface area contributed by atoms with Crippen LogP contribution in [0.25, 0.3) is 0 Å². The quantitative estimate of drug-likeness (QED) is 0.913. The molecule has 1 N–H and O–H groups in total. The van der Waals surface area contributed by atoms with Gasteiger partial charge in [0.15, 0.2) is 0 Å². The number of hydrogen-bond donors (Lipinski definition) is 1. The molecule has 0 aromatic carbocycles. The van der Waals surface area contributed by atoms with Gasteiger partial charge in [-0.05, 0) is 33.1 Å². The Morgan fingerprint density at radius 1 is 1.20 bits per heavy atom. The SMILES string of the molecule is Cc1nc(C)c(CN2CCc3c(nc(C4CCCCC4)[nH]c3=O)C2)s1. The zero-order valence-corrected chi connectivity index (χ0v) is 15.9. The molecule has 0 atom stereocenters. The third kappa shape index (κ3) is 3.55.